The van der Waals surface area contributed by atoms with Gasteiger partial charge < -0.3 is 0 Å². The number of carbonyl (C=O) groups excluding carboxylic acids is 1. The summed E-state index contributed by atoms with van der Waals surface area (Å²) in [6.45, 7) is 2.13. The minimum atomic E-state index is -4.69. The molecule has 0 aliphatic carbocycles. The van der Waals surface area contributed by atoms with E-state index in [0.29, 0.717) is 0 Å². The lowest BCUT2D eigenvalue weighted by Gasteiger charge is -2.01. The van der Waals surface area contributed by atoms with Crippen LogP contribution in [0.2, 0.25) is 0 Å². The summed E-state index contributed by atoms with van der Waals surface area (Å²) in [6.07, 6.45) is 4.16. The maximum atomic E-state index is 11.8. The summed E-state index contributed by atoms with van der Waals surface area (Å²) in [4.78, 5) is 10.5. The molecule has 0 aromatic heterocycles. The fourth-order valence-corrected chi connectivity index (χ4v) is 1.29. The maximum absolute atomic E-state index is 11.8. The second-order valence-electron chi connectivity index (χ2n) is 3.80. The number of carbonyl (C=O) groups is 1. The first-order valence-corrected chi connectivity index (χ1v) is 5.73. The number of Topliss-reactive ketones (excluding diaryl/α,β-unsaturated/α-hetero) is 1. The van der Waals surface area contributed by atoms with E-state index in [4.69, 9.17) is 0 Å². The first-order valence-electron chi connectivity index (χ1n) is 5.73. The number of alkyl halides is 3. The fraction of sp³-hybridized carbons (Fsp3) is 0.750. The molecule has 0 atom stereocenters. The summed E-state index contributed by atoms with van der Waals surface area (Å²) >= 11 is 0. The van der Waals surface area contributed by atoms with Gasteiger partial charge in [-0.25, -0.2) is 0 Å². The molecule has 4 heteroatoms. The predicted octanol–water partition coefficient (Wildman–Crippen LogP) is 4.42. The van der Waals surface area contributed by atoms with Gasteiger partial charge >= 0.3 is 6.18 Å². The molecule has 0 aliphatic rings. The SMILES string of the molecule is CCCCCCC/C=C/CC(=O)C(F)(F)F. The number of hydrogen-bond acceptors (Lipinski definition) is 1. The average molecular weight is 236 g/mol. The van der Waals surface area contributed by atoms with E-state index in [1.165, 1.54) is 25.3 Å². The fourth-order valence-electron chi connectivity index (χ4n) is 1.29. The van der Waals surface area contributed by atoms with E-state index in [9.17, 15) is 18.0 Å². The van der Waals surface area contributed by atoms with Gasteiger partial charge in [-0.15, -0.1) is 0 Å². The van der Waals surface area contributed by atoms with Gasteiger partial charge in [0.1, 0.15) is 0 Å². The Bertz CT molecular complexity index is 219. The Labute approximate surface area is 94.7 Å². The Hall–Kier alpha value is -0.800. The van der Waals surface area contributed by atoms with E-state index in [2.05, 4.69) is 6.92 Å². The third kappa shape index (κ3) is 8.50. The molecule has 0 unspecified atom stereocenters. The maximum Gasteiger partial charge on any atom is 0.450 e. The molecule has 16 heavy (non-hydrogen) atoms. The van der Waals surface area contributed by atoms with Crippen LogP contribution in [0.4, 0.5) is 13.2 Å². The lowest BCUT2D eigenvalue weighted by atomic mass is 10.1. The highest BCUT2D eigenvalue weighted by molar-refractivity contribution is 5.85. The van der Waals surface area contributed by atoms with Crippen molar-refractivity contribution in [2.75, 3.05) is 0 Å². The van der Waals surface area contributed by atoms with E-state index in [0.717, 1.165) is 19.3 Å². The topological polar surface area (TPSA) is 17.1 Å². The Morgan fingerprint density at radius 3 is 2.25 bits per heavy atom. The van der Waals surface area contributed by atoms with Gasteiger partial charge in [-0.2, -0.15) is 13.2 Å². The van der Waals surface area contributed by atoms with Crippen molar-refractivity contribution in [1.29, 1.82) is 0 Å². The zero-order valence-corrected chi connectivity index (χ0v) is 9.65. The minimum absolute atomic E-state index is 0.529. The summed E-state index contributed by atoms with van der Waals surface area (Å²) < 4.78 is 35.3. The molecule has 0 aromatic carbocycles. The highest BCUT2D eigenvalue weighted by Crippen LogP contribution is 2.18. The Kier molecular flexibility index (Phi) is 7.95. The van der Waals surface area contributed by atoms with Gasteiger partial charge in [-0.1, -0.05) is 44.8 Å². The van der Waals surface area contributed by atoms with Crippen molar-refractivity contribution >= 4 is 5.78 Å². The van der Waals surface area contributed by atoms with Crippen LogP contribution in [0, 0.1) is 0 Å². The number of ketones is 1. The van der Waals surface area contributed by atoms with Crippen LogP contribution >= 0.6 is 0 Å². The summed E-state index contributed by atoms with van der Waals surface area (Å²) in [5.74, 6) is -1.67. The second kappa shape index (κ2) is 8.36. The summed E-state index contributed by atoms with van der Waals surface area (Å²) in [5, 5.41) is 0. The van der Waals surface area contributed by atoms with E-state index in [1.54, 1.807) is 6.08 Å². The average Bonchev–Trinajstić information content (AvgIpc) is 2.20. The number of hydrogen-bond donors (Lipinski definition) is 0. The molecule has 0 saturated carbocycles. The third-order valence-corrected chi connectivity index (χ3v) is 2.26. The van der Waals surface area contributed by atoms with Crippen molar-refractivity contribution < 1.29 is 18.0 Å². The largest absolute Gasteiger partial charge is 0.450 e. The first-order chi connectivity index (χ1) is 7.48. The molecule has 0 rings (SSSR count). The molecule has 0 radical (unpaired) electrons. The van der Waals surface area contributed by atoms with Gasteiger partial charge in [-0.3, -0.25) is 4.79 Å². The monoisotopic (exact) mass is 236 g/mol. The standard InChI is InChI=1S/C12H19F3O/c1-2-3-4-5-6-7-8-9-10-11(16)12(13,14)15/h8-9H,2-7,10H2,1H3/b9-8+. The molecular weight excluding hydrogens is 217 g/mol. The first kappa shape index (κ1) is 15.2. The molecule has 1 nitrogen and oxygen atoms in total. The molecule has 0 saturated heterocycles. The lowest BCUT2D eigenvalue weighted by Crippen LogP contribution is -2.21. The smallest absolute Gasteiger partial charge is 0.289 e. The van der Waals surface area contributed by atoms with Crippen molar-refractivity contribution in [3.63, 3.8) is 0 Å². The normalized spacial score (nSPS) is 12.2. The lowest BCUT2D eigenvalue weighted by molar-refractivity contribution is -0.170. The number of unbranched alkanes of at least 4 members (excludes halogenated alkanes) is 5. The van der Waals surface area contributed by atoms with Crippen molar-refractivity contribution in [1.82, 2.24) is 0 Å². The molecule has 0 N–H and O–H groups in total. The predicted molar refractivity (Wildman–Crippen MR) is 58.2 cm³/mol. The van der Waals surface area contributed by atoms with Gasteiger partial charge in [0.05, 0.1) is 0 Å². The quantitative estimate of drug-likeness (QED) is 0.450. The van der Waals surface area contributed by atoms with Gasteiger partial charge in [0.2, 0.25) is 5.78 Å². The van der Waals surface area contributed by atoms with Gasteiger partial charge in [-0.05, 0) is 12.8 Å². The number of allylic oxidation sites excluding steroid dienone is 2. The molecule has 0 amide bonds. The van der Waals surface area contributed by atoms with Gasteiger partial charge in [0.25, 0.3) is 0 Å². The Morgan fingerprint density at radius 2 is 1.69 bits per heavy atom. The molecule has 0 aromatic rings. The van der Waals surface area contributed by atoms with Crippen LogP contribution in [0.1, 0.15) is 51.9 Å². The van der Waals surface area contributed by atoms with Crippen LogP contribution in [-0.2, 0) is 4.79 Å². The molecule has 0 heterocycles. The van der Waals surface area contributed by atoms with Crippen LogP contribution in [-0.4, -0.2) is 12.0 Å². The highest BCUT2D eigenvalue weighted by Gasteiger charge is 2.36. The van der Waals surface area contributed by atoms with Crippen molar-refractivity contribution in [3.8, 4) is 0 Å². The van der Waals surface area contributed by atoms with E-state index in [1.807, 2.05) is 0 Å². The highest BCUT2D eigenvalue weighted by atomic mass is 19.4. The summed E-state index contributed by atoms with van der Waals surface area (Å²) in [5.41, 5.74) is 0. The number of halogens is 3. The van der Waals surface area contributed by atoms with Crippen LogP contribution in [0.25, 0.3) is 0 Å². The molecule has 0 aliphatic heterocycles. The van der Waals surface area contributed by atoms with Crippen molar-refractivity contribution in [2.45, 2.75) is 58.0 Å². The zero-order valence-electron chi connectivity index (χ0n) is 9.65. The Balaban J connectivity index is 3.45. The van der Waals surface area contributed by atoms with Gasteiger partial charge in [0.15, 0.2) is 0 Å². The van der Waals surface area contributed by atoms with Gasteiger partial charge in [0, 0.05) is 6.42 Å². The third-order valence-electron chi connectivity index (χ3n) is 2.26. The molecule has 0 spiro atoms. The molecule has 94 valence electrons. The summed E-state index contributed by atoms with van der Waals surface area (Å²) in [7, 11) is 0. The summed E-state index contributed by atoms with van der Waals surface area (Å²) in [6, 6.07) is 0. The van der Waals surface area contributed by atoms with Crippen molar-refractivity contribution in [3.05, 3.63) is 12.2 Å². The van der Waals surface area contributed by atoms with Crippen molar-refractivity contribution in [2.24, 2.45) is 0 Å². The van der Waals surface area contributed by atoms with Crippen LogP contribution in [0.3, 0.4) is 0 Å². The molecule has 0 fully saturated rings. The Morgan fingerprint density at radius 1 is 1.06 bits per heavy atom. The van der Waals surface area contributed by atoms with Crippen LogP contribution < -0.4 is 0 Å². The molecular formula is C12H19F3O. The minimum Gasteiger partial charge on any atom is -0.289 e. The van der Waals surface area contributed by atoms with Crippen LogP contribution in [0.15, 0.2) is 12.2 Å². The van der Waals surface area contributed by atoms with E-state index < -0.39 is 18.4 Å². The second-order valence-corrected chi connectivity index (χ2v) is 3.80. The molecule has 0 bridgehead atoms. The van der Waals surface area contributed by atoms with E-state index in [-0.39, 0.29) is 0 Å². The van der Waals surface area contributed by atoms with E-state index >= 15 is 0 Å². The van der Waals surface area contributed by atoms with Crippen LogP contribution in [0.5, 0.6) is 0 Å². The number of rotatable bonds is 8. The zero-order chi connectivity index (χ0) is 12.4.